The number of carbonyl (C=O) groups excluding carboxylic acids is 2. The second kappa shape index (κ2) is 7.37. The van der Waals surface area contributed by atoms with E-state index in [4.69, 9.17) is 11.5 Å². The van der Waals surface area contributed by atoms with Crippen LogP contribution in [0.5, 0.6) is 0 Å². The number of rotatable bonds is 7. The molecular weight excluding hydrogens is 256 g/mol. The zero-order chi connectivity index (χ0) is 15.1. The second-order valence-corrected chi connectivity index (χ2v) is 4.85. The summed E-state index contributed by atoms with van der Waals surface area (Å²) < 4.78 is 0. The van der Waals surface area contributed by atoms with E-state index in [9.17, 15) is 9.59 Å². The maximum Gasteiger partial charge on any atom is 0.253 e. The Labute approximate surface area is 119 Å². The van der Waals surface area contributed by atoms with E-state index in [1.54, 1.807) is 12.1 Å². The van der Waals surface area contributed by atoms with Crippen molar-refractivity contribution in [3.8, 4) is 0 Å². The van der Waals surface area contributed by atoms with Crippen molar-refractivity contribution in [2.24, 2.45) is 5.73 Å². The van der Waals surface area contributed by atoms with Crippen molar-refractivity contribution < 1.29 is 9.59 Å². The summed E-state index contributed by atoms with van der Waals surface area (Å²) in [6, 6.07) is 5.24. The third-order valence-corrected chi connectivity index (χ3v) is 2.88. The lowest BCUT2D eigenvalue weighted by Crippen LogP contribution is -2.27. The summed E-state index contributed by atoms with van der Waals surface area (Å²) >= 11 is 0. The third-order valence-electron chi connectivity index (χ3n) is 2.88. The molecule has 0 unspecified atom stereocenters. The molecule has 1 aromatic rings. The van der Waals surface area contributed by atoms with E-state index in [1.165, 1.54) is 0 Å². The van der Waals surface area contributed by atoms with E-state index in [1.807, 2.05) is 25.1 Å². The number of benzene rings is 1. The summed E-state index contributed by atoms with van der Waals surface area (Å²) in [6.07, 6.45) is 1.73. The molecule has 0 bridgehead atoms. The standard InChI is InChI=1S/C14H22N4O2/c1-18(2)12-7-6-10(15)9-11(12)14(20)17-8-4-3-5-13(16)19/h6-7,9H,3-5,8,15H2,1-2H3,(H2,16,19)(H,17,20). The van der Waals surface area contributed by atoms with Gasteiger partial charge in [0.2, 0.25) is 5.91 Å². The fourth-order valence-electron chi connectivity index (χ4n) is 1.85. The lowest BCUT2D eigenvalue weighted by atomic mass is 10.1. The van der Waals surface area contributed by atoms with Crippen LogP contribution in [0.15, 0.2) is 18.2 Å². The minimum absolute atomic E-state index is 0.167. The molecular formula is C14H22N4O2. The second-order valence-electron chi connectivity index (χ2n) is 4.85. The summed E-state index contributed by atoms with van der Waals surface area (Å²) in [5, 5.41) is 2.82. The molecule has 0 fully saturated rings. The lowest BCUT2D eigenvalue weighted by molar-refractivity contribution is -0.118. The molecule has 0 heterocycles. The van der Waals surface area contributed by atoms with Crippen molar-refractivity contribution in [1.29, 1.82) is 0 Å². The number of primary amides is 1. The number of nitrogens with one attached hydrogen (secondary N) is 1. The minimum Gasteiger partial charge on any atom is -0.399 e. The molecule has 1 rings (SSSR count). The molecule has 0 aliphatic carbocycles. The summed E-state index contributed by atoms with van der Waals surface area (Å²) in [6.45, 7) is 0.508. The van der Waals surface area contributed by atoms with E-state index in [0.29, 0.717) is 37.1 Å². The lowest BCUT2D eigenvalue weighted by Gasteiger charge is -2.17. The summed E-state index contributed by atoms with van der Waals surface area (Å²) in [7, 11) is 3.74. The van der Waals surface area contributed by atoms with Crippen LogP contribution in [0.2, 0.25) is 0 Å². The number of anilines is 2. The molecule has 1 aromatic carbocycles. The Morgan fingerprint density at radius 1 is 1.25 bits per heavy atom. The summed E-state index contributed by atoms with van der Waals surface area (Å²) in [5.41, 5.74) is 12.7. The molecule has 0 aromatic heterocycles. The summed E-state index contributed by atoms with van der Waals surface area (Å²) in [4.78, 5) is 24.6. The van der Waals surface area contributed by atoms with Gasteiger partial charge in [0.25, 0.3) is 5.91 Å². The van der Waals surface area contributed by atoms with E-state index >= 15 is 0 Å². The fraction of sp³-hybridized carbons (Fsp3) is 0.429. The quantitative estimate of drug-likeness (QED) is 0.505. The summed E-state index contributed by atoms with van der Waals surface area (Å²) in [5.74, 6) is -0.484. The smallest absolute Gasteiger partial charge is 0.253 e. The molecule has 6 heteroatoms. The molecule has 0 saturated carbocycles. The molecule has 0 aliphatic rings. The fourth-order valence-corrected chi connectivity index (χ4v) is 1.85. The zero-order valence-electron chi connectivity index (χ0n) is 12.0. The first-order valence-corrected chi connectivity index (χ1v) is 6.55. The highest BCUT2D eigenvalue weighted by Crippen LogP contribution is 2.21. The van der Waals surface area contributed by atoms with Gasteiger partial charge in [0.05, 0.1) is 5.56 Å². The van der Waals surface area contributed by atoms with Gasteiger partial charge < -0.3 is 21.7 Å². The van der Waals surface area contributed by atoms with Gasteiger partial charge in [-0.2, -0.15) is 0 Å². The molecule has 0 atom stereocenters. The van der Waals surface area contributed by atoms with Gasteiger partial charge in [0.15, 0.2) is 0 Å². The van der Waals surface area contributed by atoms with Crippen LogP contribution in [0.4, 0.5) is 11.4 Å². The van der Waals surface area contributed by atoms with Gasteiger partial charge >= 0.3 is 0 Å². The predicted octanol–water partition coefficient (Wildman–Crippen LogP) is 0.720. The molecule has 2 amide bonds. The first-order valence-electron chi connectivity index (χ1n) is 6.55. The number of hydrogen-bond acceptors (Lipinski definition) is 4. The maximum absolute atomic E-state index is 12.1. The number of unbranched alkanes of at least 4 members (excludes halogenated alkanes) is 1. The minimum atomic E-state index is -0.318. The number of nitrogens with two attached hydrogens (primary N) is 2. The Bertz CT molecular complexity index is 486. The van der Waals surface area contributed by atoms with Crippen molar-refractivity contribution in [3.63, 3.8) is 0 Å². The van der Waals surface area contributed by atoms with Crippen LogP contribution >= 0.6 is 0 Å². The highest BCUT2D eigenvalue weighted by molar-refractivity contribution is 6.00. The van der Waals surface area contributed by atoms with E-state index in [-0.39, 0.29) is 11.8 Å². The van der Waals surface area contributed by atoms with Crippen molar-refractivity contribution in [3.05, 3.63) is 23.8 Å². The molecule has 6 nitrogen and oxygen atoms in total. The maximum atomic E-state index is 12.1. The molecule has 20 heavy (non-hydrogen) atoms. The van der Waals surface area contributed by atoms with Gasteiger partial charge in [-0.25, -0.2) is 0 Å². The molecule has 0 spiro atoms. The number of hydrogen-bond donors (Lipinski definition) is 3. The van der Waals surface area contributed by atoms with Crippen LogP contribution < -0.4 is 21.7 Å². The van der Waals surface area contributed by atoms with Crippen LogP contribution in [-0.2, 0) is 4.79 Å². The SMILES string of the molecule is CN(C)c1ccc(N)cc1C(=O)NCCCCC(N)=O. The van der Waals surface area contributed by atoms with Gasteiger partial charge in [-0.15, -0.1) is 0 Å². The van der Waals surface area contributed by atoms with Crippen molar-refractivity contribution >= 4 is 23.2 Å². The number of nitrogen functional groups attached to an aromatic ring is 1. The Morgan fingerprint density at radius 3 is 2.55 bits per heavy atom. The van der Waals surface area contributed by atoms with Crippen molar-refractivity contribution in [2.75, 3.05) is 31.3 Å². The topological polar surface area (TPSA) is 101 Å². The molecule has 0 aliphatic heterocycles. The average Bonchev–Trinajstić information content (AvgIpc) is 2.37. The molecule has 5 N–H and O–H groups in total. The highest BCUT2D eigenvalue weighted by atomic mass is 16.2. The molecule has 0 saturated heterocycles. The van der Waals surface area contributed by atoms with Crippen molar-refractivity contribution in [1.82, 2.24) is 5.32 Å². The van der Waals surface area contributed by atoms with E-state index in [2.05, 4.69) is 5.32 Å². The molecule has 0 radical (unpaired) electrons. The van der Waals surface area contributed by atoms with Crippen LogP contribution in [-0.4, -0.2) is 32.5 Å². The van der Waals surface area contributed by atoms with Crippen LogP contribution in [0.25, 0.3) is 0 Å². The Morgan fingerprint density at radius 2 is 1.95 bits per heavy atom. The normalized spacial score (nSPS) is 10.1. The van der Waals surface area contributed by atoms with Gasteiger partial charge in [0, 0.05) is 38.4 Å². The Hall–Kier alpha value is -2.24. The Balaban J connectivity index is 2.58. The van der Waals surface area contributed by atoms with Gasteiger partial charge in [-0.1, -0.05) is 0 Å². The monoisotopic (exact) mass is 278 g/mol. The average molecular weight is 278 g/mol. The van der Waals surface area contributed by atoms with E-state index < -0.39 is 0 Å². The van der Waals surface area contributed by atoms with Crippen LogP contribution in [0, 0.1) is 0 Å². The highest BCUT2D eigenvalue weighted by Gasteiger charge is 2.12. The first kappa shape index (κ1) is 15.8. The molecule has 110 valence electrons. The van der Waals surface area contributed by atoms with Crippen LogP contribution in [0.1, 0.15) is 29.6 Å². The van der Waals surface area contributed by atoms with Crippen molar-refractivity contribution in [2.45, 2.75) is 19.3 Å². The van der Waals surface area contributed by atoms with E-state index in [0.717, 1.165) is 5.69 Å². The third kappa shape index (κ3) is 4.79. The predicted molar refractivity (Wildman–Crippen MR) is 80.6 cm³/mol. The number of amides is 2. The van der Waals surface area contributed by atoms with Gasteiger partial charge in [-0.05, 0) is 31.0 Å². The van der Waals surface area contributed by atoms with Gasteiger partial charge in [-0.3, -0.25) is 9.59 Å². The zero-order valence-corrected chi connectivity index (χ0v) is 12.0. The van der Waals surface area contributed by atoms with Gasteiger partial charge in [0.1, 0.15) is 0 Å². The largest absolute Gasteiger partial charge is 0.399 e. The first-order chi connectivity index (χ1) is 9.41. The number of carbonyl (C=O) groups is 2. The Kier molecular flexibility index (Phi) is 5.83. The van der Waals surface area contributed by atoms with Crippen LogP contribution in [0.3, 0.4) is 0 Å². The number of nitrogens with zero attached hydrogens (tertiary/aromatic N) is 1.